The average molecular weight is 216 g/mol. The minimum absolute atomic E-state index is 0.0527. The highest BCUT2D eigenvalue weighted by molar-refractivity contribution is 6.39. The van der Waals surface area contributed by atoms with E-state index in [0.29, 0.717) is 23.7 Å². The van der Waals surface area contributed by atoms with Crippen LogP contribution in [0.2, 0.25) is 0 Å². The van der Waals surface area contributed by atoms with Crippen LogP contribution >= 0.6 is 0 Å². The topological polar surface area (TPSA) is 34.1 Å². The van der Waals surface area contributed by atoms with E-state index in [2.05, 4.69) is 0 Å². The summed E-state index contributed by atoms with van der Waals surface area (Å²) in [4.78, 5) is 24.5. The standard InChI is InChI=1S/C14H16O2/c15-13-11-5-1-2-6-9(5)10-7(11)3-4-8(10)12(6)14(13)16/h5-12H,1-4H2/t5-,6-,7-,8-,9?,10?,11?,12?/m0/s1. The Labute approximate surface area is 94.8 Å². The summed E-state index contributed by atoms with van der Waals surface area (Å²) >= 11 is 0. The molecule has 84 valence electrons. The van der Waals surface area contributed by atoms with Gasteiger partial charge in [-0.3, -0.25) is 9.59 Å². The summed E-state index contributed by atoms with van der Waals surface area (Å²) < 4.78 is 0. The molecule has 0 radical (unpaired) electrons. The van der Waals surface area contributed by atoms with E-state index in [9.17, 15) is 9.59 Å². The van der Waals surface area contributed by atoms with Gasteiger partial charge < -0.3 is 0 Å². The highest BCUT2D eigenvalue weighted by Gasteiger charge is 2.73. The molecule has 0 heterocycles. The summed E-state index contributed by atoms with van der Waals surface area (Å²) in [7, 11) is 0. The van der Waals surface area contributed by atoms with Gasteiger partial charge in [0, 0.05) is 11.8 Å². The van der Waals surface area contributed by atoms with E-state index in [1.807, 2.05) is 0 Å². The largest absolute Gasteiger partial charge is 0.291 e. The molecular formula is C14H16O2. The number of Topliss-reactive ketones (excluding diaryl/α,β-unsaturated/α-hetero) is 2. The lowest BCUT2D eigenvalue weighted by molar-refractivity contribution is -0.143. The number of ketones is 2. The Morgan fingerprint density at radius 1 is 0.625 bits per heavy atom. The lowest BCUT2D eigenvalue weighted by Crippen LogP contribution is -2.36. The summed E-state index contributed by atoms with van der Waals surface area (Å²) in [6.07, 6.45) is 4.98. The maximum Gasteiger partial charge on any atom is 0.202 e. The van der Waals surface area contributed by atoms with E-state index in [0.717, 1.165) is 11.8 Å². The second-order valence-corrected chi connectivity index (χ2v) is 6.74. The van der Waals surface area contributed by atoms with Gasteiger partial charge in [0.05, 0.1) is 0 Å². The van der Waals surface area contributed by atoms with Crippen LogP contribution in [-0.2, 0) is 9.59 Å². The zero-order valence-corrected chi connectivity index (χ0v) is 9.26. The van der Waals surface area contributed by atoms with E-state index in [1.165, 1.54) is 25.7 Å². The molecule has 6 aliphatic carbocycles. The van der Waals surface area contributed by atoms with Crippen molar-refractivity contribution in [1.29, 1.82) is 0 Å². The zero-order chi connectivity index (χ0) is 10.6. The Hall–Kier alpha value is -0.660. The van der Waals surface area contributed by atoms with Crippen molar-refractivity contribution in [1.82, 2.24) is 0 Å². The number of carbonyl (C=O) groups is 2. The normalized spacial score (nSPS) is 64.8. The molecular weight excluding hydrogens is 200 g/mol. The van der Waals surface area contributed by atoms with Crippen molar-refractivity contribution in [3.8, 4) is 0 Å². The average Bonchev–Trinajstić information content (AvgIpc) is 2.91. The van der Waals surface area contributed by atoms with E-state index in [4.69, 9.17) is 0 Å². The smallest absolute Gasteiger partial charge is 0.202 e. The van der Waals surface area contributed by atoms with Crippen LogP contribution in [0.15, 0.2) is 0 Å². The second-order valence-electron chi connectivity index (χ2n) is 6.74. The van der Waals surface area contributed by atoms with Crippen LogP contribution in [0.5, 0.6) is 0 Å². The van der Waals surface area contributed by atoms with Crippen molar-refractivity contribution < 1.29 is 9.59 Å². The molecule has 0 unspecified atom stereocenters. The summed E-state index contributed by atoms with van der Waals surface area (Å²) in [5, 5.41) is 0. The first-order valence-corrected chi connectivity index (χ1v) is 6.87. The molecule has 16 heavy (non-hydrogen) atoms. The highest BCUT2D eigenvalue weighted by Crippen LogP contribution is 2.73. The molecule has 6 saturated carbocycles. The molecule has 0 aromatic heterocycles. The van der Waals surface area contributed by atoms with Crippen LogP contribution < -0.4 is 0 Å². The van der Waals surface area contributed by atoms with Crippen LogP contribution in [0.1, 0.15) is 25.7 Å². The molecule has 0 aliphatic heterocycles. The first-order valence-electron chi connectivity index (χ1n) is 6.87. The Morgan fingerprint density at radius 2 is 0.938 bits per heavy atom. The lowest BCUT2D eigenvalue weighted by atomic mass is 9.77. The van der Waals surface area contributed by atoms with Gasteiger partial charge in [-0.15, -0.1) is 0 Å². The van der Waals surface area contributed by atoms with Crippen molar-refractivity contribution in [3.63, 3.8) is 0 Å². The van der Waals surface area contributed by atoms with Gasteiger partial charge >= 0.3 is 0 Å². The van der Waals surface area contributed by atoms with E-state index in [1.54, 1.807) is 0 Å². The number of hydrogen-bond donors (Lipinski definition) is 0. The summed E-state index contributed by atoms with van der Waals surface area (Å²) in [5.41, 5.74) is 0. The fraction of sp³-hybridized carbons (Fsp3) is 0.857. The first kappa shape index (κ1) is 8.43. The number of fused-ring (bicyclic) bond motifs is 1. The van der Waals surface area contributed by atoms with Crippen LogP contribution in [0.25, 0.3) is 0 Å². The maximum atomic E-state index is 12.3. The Balaban J connectivity index is 1.83. The Kier molecular flexibility index (Phi) is 1.21. The van der Waals surface area contributed by atoms with Gasteiger partial charge in [-0.25, -0.2) is 0 Å². The first-order chi connectivity index (χ1) is 7.79. The van der Waals surface area contributed by atoms with Gasteiger partial charge in [0.25, 0.3) is 0 Å². The van der Waals surface area contributed by atoms with Gasteiger partial charge in [-0.05, 0) is 61.2 Å². The lowest BCUT2D eigenvalue weighted by Gasteiger charge is -2.25. The predicted molar refractivity (Wildman–Crippen MR) is 56.4 cm³/mol. The SMILES string of the molecule is O=C1C(=O)C2[C@H]3CC[C@@H]4C1[C@H]1CC[C@H]2C1C43. The van der Waals surface area contributed by atoms with Crippen molar-refractivity contribution in [3.05, 3.63) is 0 Å². The summed E-state index contributed by atoms with van der Waals surface area (Å²) in [6.45, 7) is 0. The van der Waals surface area contributed by atoms with Gasteiger partial charge in [0.1, 0.15) is 0 Å². The van der Waals surface area contributed by atoms with Crippen LogP contribution in [0.3, 0.4) is 0 Å². The molecule has 6 rings (SSSR count). The van der Waals surface area contributed by atoms with Crippen molar-refractivity contribution in [2.75, 3.05) is 0 Å². The molecule has 4 atom stereocenters. The fourth-order valence-corrected chi connectivity index (χ4v) is 6.73. The zero-order valence-electron chi connectivity index (χ0n) is 9.26. The monoisotopic (exact) mass is 216 g/mol. The van der Waals surface area contributed by atoms with Gasteiger partial charge in [-0.2, -0.15) is 0 Å². The number of rotatable bonds is 0. The summed E-state index contributed by atoms with van der Waals surface area (Å²) in [5.74, 6) is 4.48. The molecule has 8 bridgehead atoms. The van der Waals surface area contributed by atoms with Gasteiger partial charge in [0.2, 0.25) is 11.6 Å². The van der Waals surface area contributed by atoms with Gasteiger partial charge in [-0.1, -0.05) is 0 Å². The second kappa shape index (κ2) is 2.30. The molecule has 6 aliphatic rings. The molecule has 0 spiro atoms. The maximum absolute atomic E-state index is 12.3. The highest BCUT2D eigenvalue weighted by atomic mass is 16.2. The van der Waals surface area contributed by atoms with Crippen LogP contribution in [0, 0.1) is 47.3 Å². The third-order valence-electron chi connectivity index (χ3n) is 6.78. The Morgan fingerprint density at radius 3 is 1.25 bits per heavy atom. The van der Waals surface area contributed by atoms with Crippen LogP contribution in [0.4, 0.5) is 0 Å². The molecule has 0 aromatic carbocycles. The molecule has 0 N–H and O–H groups in total. The predicted octanol–water partition coefficient (Wildman–Crippen LogP) is 1.68. The van der Waals surface area contributed by atoms with Crippen molar-refractivity contribution in [2.24, 2.45) is 47.3 Å². The van der Waals surface area contributed by atoms with E-state index in [-0.39, 0.29) is 23.4 Å². The number of carbonyl (C=O) groups excluding carboxylic acids is 2. The molecule has 6 fully saturated rings. The van der Waals surface area contributed by atoms with Crippen LogP contribution in [-0.4, -0.2) is 11.6 Å². The van der Waals surface area contributed by atoms with Crippen molar-refractivity contribution in [2.45, 2.75) is 25.7 Å². The van der Waals surface area contributed by atoms with E-state index >= 15 is 0 Å². The molecule has 0 saturated heterocycles. The number of hydrogen-bond acceptors (Lipinski definition) is 2. The van der Waals surface area contributed by atoms with Crippen molar-refractivity contribution >= 4 is 11.6 Å². The van der Waals surface area contributed by atoms with Gasteiger partial charge in [0.15, 0.2) is 0 Å². The molecule has 0 aromatic rings. The fourth-order valence-electron chi connectivity index (χ4n) is 6.73. The third-order valence-corrected chi connectivity index (χ3v) is 6.78. The molecule has 2 heteroatoms. The Bertz CT molecular complexity index is 362. The minimum Gasteiger partial charge on any atom is -0.291 e. The molecule has 0 amide bonds. The summed E-state index contributed by atoms with van der Waals surface area (Å²) in [6, 6.07) is 0. The quantitative estimate of drug-likeness (QED) is 0.577. The van der Waals surface area contributed by atoms with E-state index < -0.39 is 0 Å². The molecule has 2 nitrogen and oxygen atoms in total. The third kappa shape index (κ3) is 0.618. The minimum atomic E-state index is 0.0527.